The second-order valence-electron chi connectivity index (χ2n) is 8.00. The molecule has 31 heavy (non-hydrogen) atoms. The zero-order valence-electron chi connectivity index (χ0n) is 18.3. The number of amides is 1. The quantitative estimate of drug-likeness (QED) is 0.667. The molecule has 0 spiro atoms. The summed E-state index contributed by atoms with van der Waals surface area (Å²) in [5.74, 6) is 0.938. The van der Waals surface area contributed by atoms with E-state index in [1.807, 2.05) is 24.3 Å². The first-order valence-electron chi connectivity index (χ1n) is 10.9. The topological polar surface area (TPSA) is 59.9 Å². The number of aliphatic hydroxyl groups excluding tert-OH is 1. The van der Waals surface area contributed by atoms with Crippen molar-refractivity contribution in [1.29, 1.82) is 0 Å². The van der Waals surface area contributed by atoms with Gasteiger partial charge in [-0.1, -0.05) is 43.3 Å². The first kappa shape index (κ1) is 21.3. The molecule has 2 aromatic carbocycles. The Labute approximate surface area is 183 Å². The molecule has 1 N–H and O–H groups in total. The maximum atomic E-state index is 12.5. The van der Waals surface area contributed by atoms with Crippen molar-refractivity contribution < 1.29 is 9.90 Å². The lowest BCUT2D eigenvalue weighted by atomic mass is 10.0. The number of aliphatic hydroxyl groups is 1. The average Bonchev–Trinajstić information content (AvgIpc) is 2.83. The van der Waals surface area contributed by atoms with E-state index in [0.29, 0.717) is 12.1 Å². The number of benzene rings is 2. The molecule has 0 atom stereocenters. The molecule has 0 aliphatic carbocycles. The second-order valence-corrected chi connectivity index (χ2v) is 8.00. The van der Waals surface area contributed by atoms with Gasteiger partial charge in [-0.15, -0.1) is 0 Å². The molecule has 4 rings (SSSR count). The fourth-order valence-corrected chi connectivity index (χ4v) is 4.10. The van der Waals surface area contributed by atoms with Crippen molar-refractivity contribution in [3.63, 3.8) is 0 Å². The molecule has 1 fully saturated rings. The normalized spacial score (nSPS) is 14.7. The lowest BCUT2D eigenvalue weighted by Crippen LogP contribution is -2.46. The summed E-state index contributed by atoms with van der Waals surface area (Å²) >= 11 is 0. The minimum atomic E-state index is -0.0958. The van der Waals surface area contributed by atoms with Crippen molar-refractivity contribution in [2.24, 2.45) is 0 Å². The van der Waals surface area contributed by atoms with Crippen molar-refractivity contribution in [2.45, 2.75) is 6.92 Å². The third-order valence-corrected chi connectivity index (χ3v) is 6.05. The van der Waals surface area contributed by atoms with Crippen molar-refractivity contribution in [1.82, 2.24) is 14.8 Å². The van der Waals surface area contributed by atoms with Gasteiger partial charge in [0, 0.05) is 56.3 Å². The van der Waals surface area contributed by atoms with Crippen molar-refractivity contribution >= 4 is 22.5 Å². The number of aromatic nitrogens is 1. The smallest absolute Gasteiger partial charge is 0.253 e. The number of likely N-dealkylation sites (N-methyl/N-ethyl adjacent to an activating group) is 2. The van der Waals surface area contributed by atoms with Crippen LogP contribution in [0.15, 0.2) is 54.6 Å². The van der Waals surface area contributed by atoms with Gasteiger partial charge in [0.1, 0.15) is 5.82 Å². The molecule has 2 heterocycles. The monoisotopic (exact) mass is 418 g/mol. The van der Waals surface area contributed by atoms with Gasteiger partial charge in [0.2, 0.25) is 0 Å². The lowest BCUT2D eigenvalue weighted by molar-refractivity contribution is 0.0767. The van der Waals surface area contributed by atoms with Gasteiger partial charge in [-0.05, 0) is 30.1 Å². The van der Waals surface area contributed by atoms with Crippen LogP contribution in [0.2, 0.25) is 0 Å². The van der Waals surface area contributed by atoms with E-state index in [0.717, 1.165) is 49.8 Å². The minimum Gasteiger partial charge on any atom is -0.395 e. The number of nitrogens with zero attached hydrogens (tertiary/aromatic N) is 4. The Kier molecular flexibility index (Phi) is 6.49. The van der Waals surface area contributed by atoms with E-state index in [9.17, 15) is 4.79 Å². The molecule has 0 unspecified atom stereocenters. The summed E-state index contributed by atoms with van der Waals surface area (Å²) in [5, 5.41) is 11.4. The maximum Gasteiger partial charge on any atom is 0.253 e. The summed E-state index contributed by atoms with van der Waals surface area (Å²) in [6.45, 7) is 7.61. The van der Waals surface area contributed by atoms with Gasteiger partial charge in [0.15, 0.2) is 0 Å². The molecule has 1 aliphatic heterocycles. The lowest BCUT2D eigenvalue weighted by Gasteiger charge is -2.35. The van der Waals surface area contributed by atoms with Gasteiger partial charge in [-0.3, -0.25) is 4.79 Å². The third kappa shape index (κ3) is 4.55. The number of fused-ring (bicyclic) bond motifs is 1. The maximum absolute atomic E-state index is 12.5. The molecule has 1 saturated heterocycles. The van der Waals surface area contributed by atoms with E-state index in [1.54, 1.807) is 7.05 Å². The zero-order valence-corrected chi connectivity index (χ0v) is 18.3. The van der Waals surface area contributed by atoms with Gasteiger partial charge in [-0.2, -0.15) is 0 Å². The molecule has 0 radical (unpaired) electrons. The summed E-state index contributed by atoms with van der Waals surface area (Å²) in [7, 11) is 1.70. The molecule has 1 aliphatic rings. The fourth-order valence-electron chi connectivity index (χ4n) is 4.10. The summed E-state index contributed by atoms with van der Waals surface area (Å²) in [6.07, 6.45) is 0. The van der Waals surface area contributed by atoms with E-state index < -0.39 is 0 Å². The van der Waals surface area contributed by atoms with Gasteiger partial charge in [-0.25, -0.2) is 4.98 Å². The molecule has 1 aromatic heterocycles. The Bertz CT molecular complexity index is 1040. The molecule has 6 heteroatoms. The second kappa shape index (κ2) is 9.45. The Balaban J connectivity index is 1.66. The summed E-state index contributed by atoms with van der Waals surface area (Å²) in [5.41, 5.74) is 2.51. The minimum absolute atomic E-state index is 0.0450. The standard InChI is InChI=1S/C25H30N4O2/c1-3-28-12-14-29(15-13-28)24-22-7-5-4-6-21(22)18-23(26-24)19-8-10-20(11-9-19)25(31)27(2)16-17-30/h4-11,18,30H,3,12-17H2,1-2H3. The van der Waals surface area contributed by atoms with E-state index in [4.69, 9.17) is 10.1 Å². The highest BCUT2D eigenvalue weighted by Crippen LogP contribution is 2.31. The summed E-state index contributed by atoms with van der Waals surface area (Å²) in [4.78, 5) is 23.9. The predicted molar refractivity (Wildman–Crippen MR) is 126 cm³/mol. The third-order valence-electron chi connectivity index (χ3n) is 6.05. The van der Waals surface area contributed by atoms with Gasteiger partial charge < -0.3 is 19.8 Å². The van der Waals surface area contributed by atoms with Crippen LogP contribution >= 0.6 is 0 Å². The highest BCUT2D eigenvalue weighted by Gasteiger charge is 2.20. The molecule has 3 aromatic rings. The molecule has 0 bridgehead atoms. The molecule has 6 nitrogen and oxygen atoms in total. The zero-order chi connectivity index (χ0) is 21.8. The van der Waals surface area contributed by atoms with Crippen LogP contribution in [-0.4, -0.2) is 78.7 Å². The highest BCUT2D eigenvalue weighted by atomic mass is 16.3. The van der Waals surface area contributed by atoms with Crippen LogP contribution in [0, 0.1) is 0 Å². The number of anilines is 1. The number of carbonyl (C=O) groups is 1. The van der Waals surface area contributed by atoms with Gasteiger partial charge >= 0.3 is 0 Å². The number of carbonyl (C=O) groups excluding carboxylic acids is 1. The van der Waals surface area contributed by atoms with Crippen LogP contribution < -0.4 is 4.90 Å². The van der Waals surface area contributed by atoms with Crippen LogP contribution in [0.1, 0.15) is 17.3 Å². The van der Waals surface area contributed by atoms with Crippen LogP contribution in [0.5, 0.6) is 0 Å². The van der Waals surface area contributed by atoms with Crippen LogP contribution in [-0.2, 0) is 0 Å². The van der Waals surface area contributed by atoms with Crippen molar-refractivity contribution in [3.05, 3.63) is 60.2 Å². The van der Waals surface area contributed by atoms with E-state index in [2.05, 4.69) is 47.1 Å². The number of hydrogen-bond acceptors (Lipinski definition) is 5. The van der Waals surface area contributed by atoms with Gasteiger partial charge in [0.05, 0.1) is 12.3 Å². The Morgan fingerprint density at radius 1 is 1.06 bits per heavy atom. The first-order chi connectivity index (χ1) is 15.1. The number of piperazine rings is 1. The molecule has 162 valence electrons. The molecular formula is C25H30N4O2. The number of rotatable bonds is 6. The fraction of sp³-hybridized carbons (Fsp3) is 0.360. The van der Waals surface area contributed by atoms with E-state index in [1.165, 1.54) is 15.7 Å². The van der Waals surface area contributed by atoms with E-state index in [-0.39, 0.29) is 12.5 Å². The molecule has 1 amide bonds. The van der Waals surface area contributed by atoms with Crippen LogP contribution in [0.3, 0.4) is 0 Å². The summed E-state index contributed by atoms with van der Waals surface area (Å²) < 4.78 is 0. The Morgan fingerprint density at radius 2 is 1.77 bits per heavy atom. The Hall–Kier alpha value is -2.96. The van der Waals surface area contributed by atoms with Gasteiger partial charge in [0.25, 0.3) is 5.91 Å². The van der Waals surface area contributed by atoms with Crippen LogP contribution in [0.4, 0.5) is 5.82 Å². The number of hydrogen-bond donors (Lipinski definition) is 1. The largest absolute Gasteiger partial charge is 0.395 e. The highest BCUT2D eigenvalue weighted by molar-refractivity contribution is 5.96. The Morgan fingerprint density at radius 3 is 2.45 bits per heavy atom. The van der Waals surface area contributed by atoms with Crippen molar-refractivity contribution in [3.8, 4) is 11.3 Å². The average molecular weight is 419 g/mol. The number of pyridine rings is 1. The molecule has 0 saturated carbocycles. The SMILES string of the molecule is CCN1CCN(c2nc(-c3ccc(C(=O)N(C)CCO)cc3)cc3ccccc23)CC1. The predicted octanol–water partition coefficient (Wildman–Crippen LogP) is 3.11. The van der Waals surface area contributed by atoms with Crippen molar-refractivity contribution in [2.75, 3.05) is 57.8 Å². The summed E-state index contributed by atoms with van der Waals surface area (Å²) in [6, 6.07) is 18.1. The van der Waals surface area contributed by atoms with E-state index >= 15 is 0 Å². The first-order valence-corrected chi connectivity index (χ1v) is 10.9. The van der Waals surface area contributed by atoms with Crippen LogP contribution in [0.25, 0.3) is 22.0 Å². The molecular weight excluding hydrogens is 388 g/mol.